The third-order valence-corrected chi connectivity index (χ3v) is 2.48. The average Bonchev–Trinajstić information content (AvgIpc) is 2.25. The van der Waals surface area contributed by atoms with Gasteiger partial charge in [-0.3, -0.25) is 9.59 Å². The van der Waals surface area contributed by atoms with Gasteiger partial charge >= 0.3 is 0 Å². The van der Waals surface area contributed by atoms with Crippen LogP contribution in [0.15, 0.2) is 18.2 Å². The van der Waals surface area contributed by atoms with Gasteiger partial charge in [-0.05, 0) is 18.2 Å². The van der Waals surface area contributed by atoms with Crippen molar-refractivity contribution in [1.82, 2.24) is 5.32 Å². The zero-order valence-electron chi connectivity index (χ0n) is 9.59. The topological polar surface area (TPSA) is 46.2 Å². The number of carbonyl (C=O) groups excluding carboxylic acids is 2. The van der Waals surface area contributed by atoms with Gasteiger partial charge in [-0.25, -0.2) is 4.39 Å². The van der Waals surface area contributed by atoms with E-state index in [4.69, 9.17) is 11.6 Å². The smallest absolute Gasteiger partial charge is 0.254 e. The van der Waals surface area contributed by atoms with Crippen LogP contribution in [-0.2, 0) is 4.79 Å². The summed E-state index contributed by atoms with van der Waals surface area (Å²) in [7, 11) is 0. The second-order valence-corrected chi connectivity index (χ2v) is 4.36. The highest BCUT2D eigenvalue weighted by Crippen LogP contribution is 2.14. The van der Waals surface area contributed by atoms with Gasteiger partial charge in [-0.15, -0.1) is 0 Å². The molecule has 0 aliphatic heterocycles. The number of hydrogen-bond acceptors (Lipinski definition) is 2. The molecule has 5 heteroatoms. The Bertz CT molecular complexity index is 446. The molecule has 0 bridgehead atoms. The summed E-state index contributed by atoms with van der Waals surface area (Å²) in [6.45, 7) is 3.37. The fourth-order valence-corrected chi connectivity index (χ4v) is 1.30. The van der Waals surface area contributed by atoms with Crippen LogP contribution >= 0.6 is 11.6 Å². The monoisotopic (exact) mass is 257 g/mol. The minimum absolute atomic E-state index is 0.0986. The van der Waals surface area contributed by atoms with Crippen molar-refractivity contribution in [2.75, 3.05) is 6.54 Å². The molecule has 0 saturated carbocycles. The van der Waals surface area contributed by atoms with E-state index >= 15 is 0 Å². The zero-order chi connectivity index (χ0) is 13.0. The first-order chi connectivity index (χ1) is 7.91. The molecule has 0 aliphatic carbocycles. The summed E-state index contributed by atoms with van der Waals surface area (Å²) in [5.74, 6) is -1.58. The van der Waals surface area contributed by atoms with E-state index in [2.05, 4.69) is 5.32 Å². The molecule has 0 unspecified atom stereocenters. The number of amides is 1. The Morgan fingerprint density at radius 1 is 1.41 bits per heavy atom. The number of Topliss-reactive ketones (excluding diaryl/α,β-unsaturated/α-hetero) is 1. The van der Waals surface area contributed by atoms with Crippen molar-refractivity contribution in [2.24, 2.45) is 5.92 Å². The quantitative estimate of drug-likeness (QED) is 0.901. The first-order valence-corrected chi connectivity index (χ1v) is 5.55. The molecule has 0 aromatic heterocycles. The maximum atomic E-state index is 13.4. The lowest BCUT2D eigenvalue weighted by Crippen LogP contribution is -2.32. The number of rotatable bonds is 4. The standard InChI is InChI=1S/C12H13ClFNO2/c1-7(2)11(16)6-15-12(17)9-4-3-8(13)5-10(9)14/h3-5,7H,6H2,1-2H3,(H,15,17). The van der Waals surface area contributed by atoms with E-state index in [1.54, 1.807) is 13.8 Å². The van der Waals surface area contributed by atoms with E-state index < -0.39 is 11.7 Å². The largest absolute Gasteiger partial charge is 0.345 e. The predicted molar refractivity (Wildman–Crippen MR) is 63.6 cm³/mol. The summed E-state index contributed by atoms with van der Waals surface area (Å²) >= 11 is 5.56. The third kappa shape index (κ3) is 3.82. The molecule has 0 aliphatic rings. The molecule has 0 atom stereocenters. The number of nitrogens with one attached hydrogen (secondary N) is 1. The number of halogens is 2. The summed E-state index contributed by atoms with van der Waals surface area (Å²) in [6.07, 6.45) is 0. The molecule has 92 valence electrons. The Balaban J connectivity index is 2.68. The van der Waals surface area contributed by atoms with Crippen LogP contribution in [0.4, 0.5) is 4.39 Å². The molecular formula is C12H13ClFNO2. The van der Waals surface area contributed by atoms with Crippen molar-refractivity contribution < 1.29 is 14.0 Å². The molecule has 0 saturated heterocycles. The van der Waals surface area contributed by atoms with Gasteiger partial charge < -0.3 is 5.32 Å². The zero-order valence-corrected chi connectivity index (χ0v) is 10.3. The van der Waals surface area contributed by atoms with Crippen LogP contribution in [0.5, 0.6) is 0 Å². The van der Waals surface area contributed by atoms with Gasteiger partial charge in [0.1, 0.15) is 5.82 Å². The Morgan fingerprint density at radius 3 is 2.59 bits per heavy atom. The molecule has 0 spiro atoms. The molecule has 1 N–H and O–H groups in total. The average molecular weight is 258 g/mol. The fourth-order valence-electron chi connectivity index (χ4n) is 1.14. The van der Waals surface area contributed by atoms with Crippen LogP contribution in [-0.4, -0.2) is 18.2 Å². The van der Waals surface area contributed by atoms with Gasteiger partial charge in [0, 0.05) is 10.9 Å². The van der Waals surface area contributed by atoms with E-state index in [0.29, 0.717) is 0 Å². The predicted octanol–water partition coefficient (Wildman–Crippen LogP) is 2.43. The highest BCUT2D eigenvalue weighted by Gasteiger charge is 2.14. The molecule has 0 heterocycles. The van der Waals surface area contributed by atoms with Crippen molar-refractivity contribution >= 4 is 23.3 Å². The summed E-state index contributed by atoms with van der Waals surface area (Å²) in [5.41, 5.74) is -0.119. The maximum Gasteiger partial charge on any atom is 0.254 e. The molecule has 17 heavy (non-hydrogen) atoms. The van der Waals surface area contributed by atoms with E-state index in [-0.39, 0.29) is 28.8 Å². The first-order valence-electron chi connectivity index (χ1n) is 5.17. The Morgan fingerprint density at radius 2 is 2.06 bits per heavy atom. The minimum atomic E-state index is -0.702. The van der Waals surface area contributed by atoms with Gasteiger partial charge in [0.15, 0.2) is 5.78 Å². The lowest BCUT2D eigenvalue weighted by Gasteiger charge is -2.07. The number of carbonyl (C=O) groups is 2. The molecule has 3 nitrogen and oxygen atoms in total. The van der Waals surface area contributed by atoms with Crippen molar-refractivity contribution in [2.45, 2.75) is 13.8 Å². The molecule has 0 radical (unpaired) electrons. The second kappa shape index (κ2) is 5.77. The highest BCUT2D eigenvalue weighted by atomic mass is 35.5. The summed E-state index contributed by atoms with van der Waals surface area (Å²) < 4.78 is 13.4. The lowest BCUT2D eigenvalue weighted by atomic mass is 10.1. The van der Waals surface area contributed by atoms with Gasteiger partial charge in [0.25, 0.3) is 5.91 Å². The first kappa shape index (κ1) is 13.6. The van der Waals surface area contributed by atoms with Crippen molar-refractivity contribution in [1.29, 1.82) is 0 Å². The van der Waals surface area contributed by atoms with Crippen LogP contribution in [0.1, 0.15) is 24.2 Å². The van der Waals surface area contributed by atoms with Crippen molar-refractivity contribution in [3.05, 3.63) is 34.6 Å². The molecule has 1 amide bonds. The summed E-state index contributed by atoms with van der Waals surface area (Å²) in [6, 6.07) is 3.76. The van der Waals surface area contributed by atoms with Crippen LogP contribution in [0.2, 0.25) is 5.02 Å². The fraction of sp³-hybridized carbons (Fsp3) is 0.333. The number of benzene rings is 1. The van der Waals surface area contributed by atoms with Crippen molar-refractivity contribution in [3.63, 3.8) is 0 Å². The van der Waals surface area contributed by atoms with E-state index in [1.165, 1.54) is 12.1 Å². The Hall–Kier alpha value is -1.42. The highest BCUT2D eigenvalue weighted by molar-refractivity contribution is 6.30. The van der Waals surface area contributed by atoms with Crippen LogP contribution < -0.4 is 5.32 Å². The molecule has 0 fully saturated rings. The minimum Gasteiger partial charge on any atom is -0.345 e. The second-order valence-electron chi connectivity index (χ2n) is 3.93. The van der Waals surface area contributed by atoms with E-state index in [1.807, 2.05) is 0 Å². The molecular weight excluding hydrogens is 245 g/mol. The third-order valence-electron chi connectivity index (χ3n) is 2.24. The number of hydrogen-bond donors (Lipinski definition) is 1. The Kier molecular flexibility index (Phi) is 4.63. The summed E-state index contributed by atoms with van der Waals surface area (Å²) in [5, 5.41) is 2.59. The Labute approximate surface area is 104 Å². The number of ketones is 1. The van der Waals surface area contributed by atoms with Crippen LogP contribution in [0.25, 0.3) is 0 Å². The lowest BCUT2D eigenvalue weighted by molar-refractivity contribution is -0.120. The van der Waals surface area contributed by atoms with Gasteiger partial charge in [0.2, 0.25) is 0 Å². The van der Waals surface area contributed by atoms with Gasteiger partial charge in [-0.2, -0.15) is 0 Å². The van der Waals surface area contributed by atoms with E-state index in [9.17, 15) is 14.0 Å². The van der Waals surface area contributed by atoms with E-state index in [0.717, 1.165) is 6.07 Å². The molecule has 1 rings (SSSR count). The summed E-state index contributed by atoms with van der Waals surface area (Å²) in [4.78, 5) is 22.8. The van der Waals surface area contributed by atoms with Crippen LogP contribution in [0.3, 0.4) is 0 Å². The van der Waals surface area contributed by atoms with Gasteiger partial charge in [0.05, 0.1) is 12.1 Å². The van der Waals surface area contributed by atoms with Gasteiger partial charge in [-0.1, -0.05) is 25.4 Å². The SMILES string of the molecule is CC(C)C(=O)CNC(=O)c1ccc(Cl)cc1F. The molecule has 1 aromatic carbocycles. The van der Waals surface area contributed by atoms with Crippen molar-refractivity contribution in [3.8, 4) is 0 Å². The van der Waals surface area contributed by atoms with Crippen LogP contribution in [0, 0.1) is 11.7 Å². The normalized spacial score (nSPS) is 10.4. The molecule has 1 aromatic rings. The maximum absolute atomic E-state index is 13.4.